The molecule has 0 aliphatic rings. The summed E-state index contributed by atoms with van der Waals surface area (Å²) < 4.78 is 12.1. The van der Waals surface area contributed by atoms with Crippen molar-refractivity contribution in [3.8, 4) is 17.1 Å². The van der Waals surface area contributed by atoms with Gasteiger partial charge in [-0.1, -0.05) is 24.3 Å². The highest BCUT2D eigenvalue weighted by atomic mass is 16.5. The molecule has 0 saturated heterocycles. The largest absolute Gasteiger partial charge is 0.476 e. The molecular formula is C20H20N6O3. The maximum atomic E-state index is 12.1. The van der Waals surface area contributed by atoms with Crippen molar-refractivity contribution in [1.29, 1.82) is 0 Å². The number of nitrogens with one attached hydrogen (secondary N) is 1. The van der Waals surface area contributed by atoms with Crippen molar-refractivity contribution in [3.05, 3.63) is 60.2 Å². The molecule has 29 heavy (non-hydrogen) atoms. The molecular weight excluding hydrogens is 372 g/mol. The Morgan fingerprint density at radius 3 is 2.90 bits per heavy atom. The molecule has 0 fully saturated rings. The number of aromatic nitrogens is 5. The predicted molar refractivity (Wildman–Crippen MR) is 104 cm³/mol. The van der Waals surface area contributed by atoms with Gasteiger partial charge in [0.15, 0.2) is 0 Å². The van der Waals surface area contributed by atoms with Gasteiger partial charge in [0.25, 0.3) is 11.7 Å². The molecule has 0 aliphatic carbocycles. The monoisotopic (exact) mass is 392 g/mol. The van der Waals surface area contributed by atoms with E-state index >= 15 is 0 Å². The van der Waals surface area contributed by atoms with E-state index in [0.717, 1.165) is 16.8 Å². The molecule has 1 amide bonds. The Kier molecular flexibility index (Phi) is 5.46. The Labute approximate surface area is 166 Å². The van der Waals surface area contributed by atoms with Gasteiger partial charge >= 0.3 is 0 Å². The summed E-state index contributed by atoms with van der Waals surface area (Å²) in [5.74, 6) is 1.57. The number of fused-ring (bicyclic) bond motifs is 1. The summed E-state index contributed by atoms with van der Waals surface area (Å²) in [6.45, 7) is 2.85. The number of carbonyl (C=O) groups is 1. The van der Waals surface area contributed by atoms with Crippen LogP contribution in [-0.4, -0.2) is 37.3 Å². The fourth-order valence-corrected chi connectivity index (χ4v) is 2.90. The lowest BCUT2D eigenvalue weighted by Gasteiger charge is -2.07. The van der Waals surface area contributed by atoms with E-state index in [1.54, 1.807) is 16.8 Å². The van der Waals surface area contributed by atoms with Gasteiger partial charge in [0.2, 0.25) is 5.91 Å². The SMILES string of the molecule is CCOc1cc(CCC(=O)NCc2ccc(-c3ccnc4ncnn34)cc2)on1. The quantitative estimate of drug-likeness (QED) is 0.491. The molecule has 9 heteroatoms. The van der Waals surface area contributed by atoms with Gasteiger partial charge < -0.3 is 14.6 Å². The normalized spacial score (nSPS) is 10.9. The second-order valence-corrected chi connectivity index (χ2v) is 6.34. The van der Waals surface area contributed by atoms with Crippen LogP contribution in [0, 0.1) is 0 Å². The highest BCUT2D eigenvalue weighted by Crippen LogP contribution is 2.19. The third-order valence-corrected chi connectivity index (χ3v) is 4.35. The zero-order chi connectivity index (χ0) is 20.1. The van der Waals surface area contributed by atoms with Crippen molar-refractivity contribution >= 4 is 11.7 Å². The third kappa shape index (κ3) is 4.40. The van der Waals surface area contributed by atoms with Crippen LogP contribution in [-0.2, 0) is 17.8 Å². The molecule has 0 radical (unpaired) electrons. The minimum absolute atomic E-state index is 0.0538. The molecule has 3 aromatic heterocycles. The summed E-state index contributed by atoms with van der Waals surface area (Å²) in [6, 6.07) is 11.5. The second-order valence-electron chi connectivity index (χ2n) is 6.34. The molecule has 0 bridgehead atoms. The third-order valence-electron chi connectivity index (χ3n) is 4.35. The average Bonchev–Trinajstić information content (AvgIpc) is 3.40. The van der Waals surface area contributed by atoms with Crippen LogP contribution in [0.3, 0.4) is 0 Å². The topological polar surface area (TPSA) is 107 Å². The summed E-state index contributed by atoms with van der Waals surface area (Å²) in [4.78, 5) is 20.4. The highest BCUT2D eigenvalue weighted by molar-refractivity contribution is 5.76. The number of rotatable bonds is 8. The van der Waals surface area contributed by atoms with Crippen molar-refractivity contribution in [2.75, 3.05) is 6.61 Å². The van der Waals surface area contributed by atoms with Crippen LogP contribution in [0.15, 0.2) is 53.4 Å². The van der Waals surface area contributed by atoms with Crippen molar-refractivity contribution < 1.29 is 14.1 Å². The van der Waals surface area contributed by atoms with E-state index in [9.17, 15) is 4.79 Å². The Balaban J connectivity index is 1.31. The molecule has 0 saturated carbocycles. The number of benzene rings is 1. The molecule has 0 aliphatic heterocycles. The van der Waals surface area contributed by atoms with E-state index in [4.69, 9.17) is 9.26 Å². The lowest BCUT2D eigenvalue weighted by Crippen LogP contribution is -2.22. The van der Waals surface area contributed by atoms with Crippen molar-refractivity contribution in [2.45, 2.75) is 26.3 Å². The smallest absolute Gasteiger partial charge is 0.254 e. The fraction of sp³-hybridized carbons (Fsp3) is 0.250. The highest BCUT2D eigenvalue weighted by Gasteiger charge is 2.09. The molecule has 0 spiro atoms. The van der Waals surface area contributed by atoms with Gasteiger partial charge in [0.1, 0.15) is 12.1 Å². The van der Waals surface area contributed by atoms with Crippen molar-refractivity contribution in [2.24, 2.45) is 0 Å². The van der Waals surface area contributed by atoms with E-state index in [0.29, 0.717) is 43.4 Å². The number of carbonyl (C=O) groups excluding carboxylic acids is 1. The Morgan fingerprint density at radius 2 is 2.07 bits per heavy atom. The summed E-state index contributed by atoms with van der Waals surface area (Å²) in [6.07, 6.45) is 3.98. The van der Waals surface area contributed by atoms with Crippen molar-refractivity contribution in [3.63, 3.8) is 0 Å². The van der Waals surface area contributed by atoms with Crippen LogP contribution in [0.25, 0.3) is 17.0 Å². The maximum absolute atomic E-state index is 12.1. The van der Waals surface area contributed by atoms with Crippen LogP contribution in [0.2, 0.25) is 0 Å². The molecule has 9 nitrogen and oxygen atoms in total. The van der Waals surface area contributed by atoms with E-state index in [2.05, 4.69) is 25.5 Å². The molecule has 1 N–H and O–H groups in total. The number of aryl methyl sites for hydroxylation is 1. The molecule has 0 unspecified atom stereocenters. The standard InChI is InChI=1S/C20H20N6O3/c1-2-28-19-11-16(29-25-19)7-8-18(27)22-12-14-3-5-15(6-4-14)17-9-10-21-20-23-13-24-26(17)20/h3-6,9-11,13H,2,7-8,12H2,1H3,(H,22,27). The molecule has 0 atom stereocenters. The summed E-state index contributed by atoms with van der Waals surface area (Å²) >= 11 is 0. The van der Waals surface area contributed by atoms with Crippen LogP contribution in [0.4, 0.5) is 0 Å². The first kappa shape index (κ1) is 18.6. The number of nitrogens with zero attached hydrogens (tertiary/aromatic N) is 5. The maximum Gasteiger partial charge on any atom is 0.254 e. The number of amides is 1. The summed E-state index contributed by atoms with van der Waals surface area (Å²) in [7, 11) is 0. The van der Waals surface area contributed by atoms with Gasteiger partial charge in [-0.3, -0.25) is 4.79 Å². The minimum atomic E-state index is -0.0538. The Morgan fingerprint density at radius 1 is 1.21 bits per heavy atom. The van der Waals surface area contributed by atoms with Crippen molar-refractivity contribution in [1.82, 2.24) is 30.1 Å². The van der Waals surface area contributed by atoms with Crippen LogP contribution in [0.5, 0.6) is 5.88 Å². The number of hydrogen-bond acceptors (Lipinski definition) is 7. The fourth-order valence-electron chi connectivity index (χ4n) is 2.90. The predicted octanol–water partition coefficient (Wildman–Crippen LogP) is 2.43. The average molecular weight is 392 g/mol. The molecule has 4 rings (SSSR count). The zero-order valence-corrected chi connectivity index (χ0v) is 15.9. The van der Waals surface area contributed by atoms with Gasteiger partial charge in [-0.05, 0) is 23.7 Å². The lowest BCUT2D eigenvalue weighted by molar-refractivity contribution is -0.121. The van der Waals surface area contributed by atoms with E-state index in [-0.39, 0.29) is 5.91 Å². The second kappa shape index (κ2) is 8.51. The molecule has 4 aromatic rings. The van der Waals surface area contributed by atoms with Gasteiger partial charge in [-0.15, -0.1) is 0 Å². The molecule has 148 valence electrons. The van der Waals surface area contributed by atoms with Gasteiger partial charge in [0.05, 0.1) is 12.3 Å². The molecule has 1 aromatic carbocycles. The molecule has 3 heterocycles. The van der Waals surface area contributed by atoms with Gasteiger partial charge in [-0.2, -0.15) is 14.6 Å². The van der Waals surface area contributed by atoms with Crippen LogP contribution >= 0.6 is 0 Å². The Hall–Kier alpha value is -3.75. The first-order chi connectivity index (χ1) is 14.2. The van der Waals surface area contributed by atoms with Gasteiger partial charge in [0, 0.05) is 37.2 Å². The minimum Gasteiger partial charge on any atom is -0.476 e. The summed E-state index contributed by atoms with van der Waals surface area (Å²) in [5, 5.41) is 10.9. The first-order valence-corrected chi connectivity index (χ1v) is 9.32. The first-order valence-electron chi connectivity index (χ1n) is 9.32. The lowest BCUT2D eigenvalue weighted by atomic mass is 10.1. The van der Waals surface area contributed by atoms with E-state index in [1.165, 1.54) is 6.33 Å². The van der Waals surface area contributed by atoms with Crippen LogP contribution < -0.4 is 10.1 Å². The Bertz CT molecular complexity index is 1100. The van der Waals surface area contributed by atoms with Crippen LogP contribution in [0.1, 0.15) is 24.7 Å². The summed E-state index contributed by atoms with van der Waals surface area (Å²) in [5.41, 5.74) is 2.90. The number of hydrogen-bond donors (Lipinski definition) is 1. The number of ether oxygens (including phenoxy) is 1. The van der Waals surface area contributed by atoms with E-state index < -0.39 is 0 Å². The zero-order valence-electron chi connectivity index (χ0n) is 15.9. The van der Waals surface area contributed by atoms with Gasteiger partial charge in [-0.25, -0.2) is 4.98 Å². The van der Waals surface area contributed by atoms with E-state index in [1.807, 2.05) is 37.3 Å².